The molecule has 0 aliphatic heterocycles. The Hall–Kier alpha value is -3.47. The van der Waals surface area contributed by atoms with Crippen molar-refractivity contribution in [3.05, 3.63) is 57.8 Å². The molecule has 0 saturated heterocycles. The lowest BCUT2D eigenvalue weighted by atomic mass is 10.1. The van der Waals surface area contributed by atoms with E-state index in [4.69, 9.17) is 9.47 Å². The monoisotopic (exact) mass is 497 g/mol. The van der Waals surface area contributed by atoms with Crippen LogP contribution in [0.4, 0.5) is 10.1 Å². The number of hydrogen-bond donors (Lipinski definition) is 1. The van der Waals surface area contributed by atoms with Crippen LogP contribution in [0.5, 0.6) is 5.75 Å². The first-order valence-corrected chi connectivity index (χ1v) is 9.37. The third kappa shape index (κ3) is 7.07. The zero-order valence-electron chi connectivity index (χ0n) is 16.4. The van der Waals surface area contributed by atoms with Crippen molar-refractivity contribution in [2.45, 2.75) is 0 Å². The number of hydrogen-bond acceptors (Lipinski definition) is 8. The van der Waals surface area contributed by atoms with Crippen LogP contribution in [0.2, 0.25) is 0 Å². The number of anilines is 1. The lowest BCUT2D eigenvalue weighted by molar-refractivity contribution is -0.149. The molecule has 0 fully saturated rings. The van der Waals surface area contributed by atoms with Gasteiger partial charge in [-0.3, -0.25) is 4.79 Å². The van der Waals surface area contributed by atoms with Gasteiger partial charge in [-0.25, -0.2) is 18.8 Å². The van der Waals surface area contributed by atoms with Crippen LogP contribution in [0, 0.1) is 5.82 Å². The summed E-state index contributed by atoms with van der Waals surface area (Å²) in [5.74, 6) is -3.28. The second-order valence-corrected chi connectivity index (χ2v) is 6.71. The molecule has 0 heterocycles. The molecule has 31 heavy (non-hydrogen) atoms. The van der Waals surface area contributed by atoms with Crippen molar-refractivity contribution in [1.82, 2.24) is 0 Å². The number of benzene rings is 2. The number of amides is 1. The normalized spacial score (nSPS) is 10.1. The van der Waals surface area contributed by atoms with E-state index in [0.717, 1.165) is 20.3 Å². The van der Waals surface area contributed by atoms with E-state index >= 15 is 0 Å². The van der Waals surface area contributed by atoms with Gasteiger partial charge in [0.15, 0.2) is 13.2 Å². The van der Waals surface area contributed by atoms with Crippen LogP contribution in [-0.4, -0.2) is 51.2 Å². The Morgan fingerprint density at radius 1 is 0.935 bits per heavy atom. The summed E-state index contributed by atoms with van der Waals surface area (Å²) in [5, 5.41) is 2.40. The second-order valence-electron chi connectivity index (χ2n) is 5.85. The maximum atomic E-state index is 13.0. The number of methoxy groups -OCH3 is 2. The van der Waals surface area contributed by atoms with Gasteiger partial charge in [-0.1, -0.05) is 0 Å². The van der Waals surface area contributed by atoms with E-state index in [0.29, 0.717) is 4.47 Å². The molecule has 164 valence electrons. The highest BCUT2D eigenvalue weighted by molar-refractivity contribution is 9.10. The highest BCUT2D eigenvalue weighted by Crippen LogP contribution is 2.25. The number of halogens is 2. The molecule has 0 bridgehead atoms. The molecule has 2 rings (SSSR count). The first kappa shape index (κ1) is 23.8. The quantitative estimate of drug-likeness (QED) is 0.436. The zero-order chi connectivity index (χ0) is 23.0. The van der Waals surface area contributed by atoms with Gasteiger partial charge in [0.25, 0.3) is 5.91 Å². The smallest absolute Gasteiger partial charge is 0.344 e. The predicted octanol–water partition coefficient (Wildman–Crippen LogP) is 2.72. The van der Waals surface area contributed by atoms with Crippen molar-refractivity contribution in [1.29, 1.82) is 0 Å². The van der Waals surface area contributed by atoms with Crippen LogP contribution in [0.25, 0.3) is 0 Å². The van der Waals surface area contributed by atoms with E-state index in [2.05, 4.69) is 30.7 Å². The Morgan fingerprint density at radius 2 is 1.55 bits per heavy atom. The van der Waals surface area contributed by atoms with Crippen molar-refractivity contribution < 1.29 is 42.5 Å². The van der Waals surface area contributed by atoms with Crippen LogP contribution < -0.4 is 10.1 Å². The molecule has 0 saturated carbocycles. The van der Waals surface area contributed by atoms with Crippen LogP contribution in [0.15, 0.2) is 40.9 Å². The van der Waals surface area contributed by atoms with E-state index < -0.39 is 42.8 Å². The van der Waals surface area contributed by atoms with Crippen LogP contribution >= 0.6 is 15.9 Å². The van der Waals surface area contributed by atoms with Gasteiger partial charge in [0, 0.05) is 5.69 Å². The second kappa shape index (κ2) is 11.1. The number of carbonyl (C=O) groups excluding carboxylic acids is 4. The first-order chi connectivity index (χ1) is 14.7. The Labute approximate surface area is 184 Å². The van der Waals surface area contributed by atoms with E-state index in [-0.39, 0.29) is 22.6 Å². The molecule has 1 amide bonds. The Bertz CT molecular complexity index is 976. The molecule has 1 N–H and O–H groups in total. The highest BCUT2D eigenvalue weighted by Gasteiger charge is 2.16. The van der Waals surface area contributed by atoms with Gasteiger partial charge in [-0.05, 0) is 52.3 Å². The van der Waals surface area contributed by atoms with Crippen molar-refractivity contribution in [2.75, 3.05) is 32.8 Å². The van der Waals surface area contributed by atoms with Crippen molar-refractivity contribution in [3.8, 4) is 5.75 Å². The summed E-state index contributed by atoms with van der Waals surface area (Å²) in [7, 11) is 2.33. The van der Waals surface area contributed by atoms with E-state index in [9.17, 15) is 23.6 Å². The summed E-state index contributed by atoms with van der Waals surface area (Å²) in [5.41, 5.74) is 0.114. The largest absolute Gasteiger partial charge is 0.481 e. The molecule has 0 aromatic heterocycles. The molecule has 0 radical (unpaired) electrons. The van der Waals surface area contributed by atoms with Gasteiger partial charge in [0.2, 0.25) is 0 Å². The summed E-state index contributed by atoms with van der Waals surface area (Å²) in [4.78, 5) is 47.4. The predicted molar refractivity (Wildman–Crippen MR) is 108 cm³/mol. The zero-order valence-corrected chi connectivity index (χ0v) is 18.0. The standard InChI is InChI=1S/C20H17BrFNO8/c1-28-19(26)11-5-12(20(27)29-2)7-14(6-11)23-17(24)9-31-18(25)10-30-16-4-3-13(22)8-15(16)21/h3-8H,9-10H2,1-2H3,(H,23,24). The minimum Gasteiger partial charge on any atom is -0.481 e. The first-order valence-electron chi connectivity index (χ1n) is 8.58. The molecular formula is C20H17BrFNO8. The Balaban J connectivity index is 1.94. The maximum Gasteiger partial charge on any atom is 0.344 e. The molecule has 9 nitrogen and oxygen atoms in total. The average Bonchev–Trinajstić information content (AvgIpc) is 2.75. The number of rotatable bonds is 8. The van der Waals surface area contributed by atoms with Gasteiger partial charge in [-0.2, -0.15) is 0 Å². The topological polar surface area (TPSA) is 117 Å². The summed E-state index contributed by atoms with van der Waals surface area (Å²) < 4.78 is 32.6. The van der Waals surface area contributed by atoms with Gasteiger partial charge in [0.1, 0.15) is 11.6 Å². The molecule has 0 aliphatic rings. The van der Waals surface area contributed by atoms with Crippen molar-refractivity contribution >= 4 is 45.4 Å². The summed E-state index contributed by atoms with van der Waals surface area (Å²) in [6, 6.07) is 7.47. The molecule has 0 unspecified atom stereocenters. The van der Waals surface area contributed by atoms with Crippen LogP contribution in [0.3, 0.4) is 0 Å². The molecule has 0 aliphatic carbocycles. The molecule has 0 atom stereocenters. The summed E-state index contributed by atoms with van der Waals surface area (Å²) in [6.07, 6.45) is 0. The number of carbonyl (C=O) groups is 4. The maximum absolute atomic E-state index is 13.0. The van der Waals surface area contributed by atoms with E-state index in [1.165, 1.54) is 30.3 Å². The van der Waals surface area contributed by atoms with Gasteiger partial charge < -0.3 is 24.3 Å². The average molecular weight is 498 g/mol. The van der Waals surface area contributed by atoms with Crippen LogP contribution in [-0.2, 0) is 23.8 Å². The summed E-state index contributed by atoms with van der Waals surface area (Å²) in [6.45, 7) is -1.16. The fourth-order valence-electron chi connectivity index (χ4n) is 2.28. The number of ether oxygens (including phenoxy) is 4. The van der Waals surface area contributed by atoms with E-state index in [1.807, 2.05) is 0 Å². The minimum absolute atomic E-state index is 0.0102. The lowest BCUT2D eigenvalue weighted by Crippen LogP contribution is -2.24. The van der Waals surface area contributed by atoms with Crippen LogP contribution in [0.1, 0.15) is 20.7 Å². The SMILES string of the molecule is COC(=O)c1cc(NC(=O)COC(=O)COc2ccc(F)cc2Br)cc(C(=O)OC)c1. The Kier molecular flexibility index (Phi) is 8.50. The Morgan fingerprint density at radius 3 is 2.10 bits per heavy atom. The fraction of sp³-hybridized carbons (Fsp3) is 0.200. The van der Waals surface area contributed by atoms with Crippen molar-refractivity contribution in [3.63, 3.8) is 0 Å². The molecular weight excluding hydrogens is 481 g/mol. The van der Waals surface area contributed by atoms with Gasteiger partial charge in [-0.15, -0.1) is 0 Å². The summed E-state index contributed by atoms with van der Waals surface area (Å²) >= 11 is 3.09. The number of esters is 3. The van der Waals surface area contributed by atoms with Crippen molar-refractivity contribution in [2.24, 2.45) is 0 Å². The fourth-order valence-corrected chi connectivity index (χ4v) is 2.75. The highest BCUT2D eigenvalue weighted by atomic mass is 79.9. The third-order valence-corrected chi connectivity index (χ3v) is 4.28. The molecule has 11 heteroatoms. The minimum atomic E-state index is -0.843. The number of nitrogens with one attached hydrogen (secondary N) is 1. The molecule has 0 spiro atoms. The van der Waals surface area contributed by atoms with E-state index in [1.54, 1.807) is 0 Å². The third-order valence-electron chi connectivity index (χ3n) is 3.66. The van der Waals surface area contributed by atoms with Gasteiger partial charge >= 0.3 is 17.9 Å². The molecule has 2 aromatic rings. The van der Waals surface area contributed by atoms with Gasteiger partial charge in [0.05, 0.1) is 29.8 Å². The lowest BCUT2D eigenvalue weighted by Gasteiger charge is -2.10. The molecule has 2 aromatic carbocycles.